The molecule has 3 amide bonds. The number of carbonyl (C=O) groups is 4. The lowest BCUT2D eigenvalue weighted by Gasteiger charge is -2.20. The number of benzene rings is 1. The van der Waals surface area contributed by atoms with Gasteiger partial charge in [-0.2, -0.15) is 0 Å². The summed E-state index contributed by atoms with van der Waals surface area (Å²) in [5.74, 6) is -1.18. The number of aromatic nitrogens is 1. The van der Waals surface area contributed by atoms with Gasteiger partial charge in [0.1, 0.15) is 5.54 Å². The van der Waals surface area contributed by atoms with Gasteiger partial charge in [-0.1, -0.05) is 31.0 Å². The SMILES string of the molecule is Cc1[nH]c2ccccc2c1C(=O)[C@@H](C)OC(=O)CCN1C(=O)NC2(CCCC2)C1=O. The van der Waals surface area contributed by atoms with E-state index in [4.69, 9.17) is 4.74 Å². The van der Waals surface area contributed by atoms with Gasteiger partial charge in [0.05, 0.1) is 6.42 Å². The number of imide groups is 1. The zero-order valence-electron chi connectivity index (χ0n) is 17.1. The molecule has 1 atom stereocenters. The van der Waals surface area contributed by atoms with Crippen molar-refractivity contribution in [2.45, 2.75) is 57.6 Å². The van der Waals surface area contributed by atoms with Gasteiger partial charge in [-0.15, -0.1) is 0 Å². The zero-order valence-corrected chi connectivity index (χ0v) is 17.1. The Morgan fingerprint density at radius 1 is 1.20 bits per heavy atom. The van der Waals surface area contributed by atoms with Crippen LogP contribution in [-0.4, -0.2) is 51.8 Å². The number of Topliss-reactive ketones (excluding diaryl/α,β-unsaturated/α-hetero) is 1. The summed E-state index contributed by atoms with van der Waals surface area (Å²) in [5, 5.41) is 3.56. The number of ether oxygens (including phenoxy) is 1. The van der Waals surface area contributed by atoms with Crippen molar-refractivity contribution in [1.82, 2.24) is 15.2 Å². The van der Waals surface area contributed by atoms with Gasteiger partial charge in [0.15, 0.2) is 6.10 Å². The lowest BCUT2D eigenvalue weighted by molar-refractivity contribution is -0.146. The van der Waals surface area contributed by atoms with Crippen LogP contribution in [0.2, 0.25) is 0 Å². The van der Waals surface area contributed by atoms with Crippen LogP contribution in [-0.2, 0) is 14.3 Å². The molecule has 0 bridgehead atoms. The minimum atomic E-state index is -0.973. The molecule has 1 aliphatic heterocycles. The first kappa shape index (κ1) is 20.1. The minimum Gasteiger partial charge on any atom is -0.454 e. The van der Waals surface area contributed by atoms with Crippen LogP contribution in [0.5, 0.6) is 0 Å². The number of nitrogens with zero attached hydrogens (tertiary/aromatic N) is 1. The average Bonchev–Trinajstić information content (AvgIpc) is 3.37. The summed E-state index contributed by atoms with van der Waals surface area (Å²) in [7, 11) is 0. The van der Waals surface area contributed by atoms with Crippen molar-refractivity contribution in [3.05, 3.63) is 35.5 Å². The van der Waals surface area contributed by atoms with Crippen LogP contribution in [0.15, 0.2) is 24.3 Å². The number of ketones is 1. The maximum atomic E-state index is 12.9. The Kier molecular flexibility index (Phi) is 5.09. The van der Waals surface area contributed by atoms with E-state index in [1.807, 2.05) is 24.3 Å². The van der Waals surface area contributed by atoms with Gasteiger partial charge in [-0.05, 0) is 32.8 Å². The third kappa shape index (κ3) is 3.36. The lowest BCUT2D eigenvalue weighted by atomic mass is 9.98. The summed E-state index contributed by atoms with van der Waals surface area (Å²) in [4.78, 5) is 54.3. The van der Waals surface area contributed by atoms with Crippen LogP contribution in [0, 0.1) is 6.92 Å². The highest BCUT2D eigenvalue weighted by molar-refractivity contribution is 6.11. The van der Waals surface area contributed by atoms with Gasteiger partial charge in [-0.3, -0.25) is 19.3 Å². The first-order chi connectivity index (χ1) is 14.3. The van der Waals surface area contributed by atoms with E-state index in [0.717, 1.165) is 28.6 Å². The van der Waals surface area contributed by atoms with E-state index in [1.165, 1.54) is 6.92 Å². The fourth-order valence-electron chi connectivity index (χ4n) is 4.51. The highest BCUT2D eigenvalue weighted by atomic mass is 16.5. The molecule has 1 aromatic heterocycles. The Balaban J connectivity index is 1.37. The summed E-state index contributed by atoms with van der Waals surface area (Å²) in [5.41, 5.74) is 1.27. The molecule has 2 aromatic rings. The Labute approximate surface area is 173 Å². The van der Waals surface area contributed by atoms with Crippen LogP contribution in [0.3, 0.4) is 0 Å². The van der Waals surface area contributed by atoms with Crippen molar-refractivity contribution in [2.24, 2.45) is 0 Å². The number of nitrogens with one attached hydrogen (secondary N) is 2. The van der Waals surface area contributed by atoms with Crippen LogP contribution in [0.25, 0.3) is 10.9 Å². The lowest BCUT2D eigenvalue weighted by Crippen LogP contribution is -2.44. The van der Waals surface area contributed by atoms with Crippen molar-refractivity contribution in [3.63, 3.8) is 0 Å². The molecule has 4 rings (SSSR count). The molecule has 0 unspecified atom stereocenters. The zero-order chi connectivity index (χ0) is 21.5. The monoisotopic (exact) mass is 411 g/mol. The van der Waals surface area contributed by atoms with Crippen molar-refractivity contribution in [1.29, 1.82) is 0 Å². The number of urea groups is 1. The predicted octanol–water partition coefficient (Wildman–Crippen LogP) is 2.85. The molecule has 1 saturated heterocycles. The molecule has 2 aliphatic rings. The summed E-state index contributed by atoms with van der Waals surface area (Å²) in [6.07, 6.45) is 1.94. The largest absolute Gasteiger partial charge is 0.454 e. The molecule has 30 heavy (non-hydrogen) atoms. The number of esters is 1. The van der Waals surface area contributed by atoms with Crippen molar-refractivity contribution < 1.29 is 23.9 Å². The first-order valence-corrected chi connectivity index (χ1v) is 10.3. The van der Waals surface area contributed by atoms with Crippen LogP contribution < -0.4 is 5.32 Å². The molecule has 1 aliphatic carbocycles. The highest BCUT2D eigenvalue weighted by Crippen LogP contribution is 2.35. The topological polar surface area (TPSA) is 109 Å². The summed E-state index contributed by atoms with van der Waals surface area (Å²) in [6, 6.07) is 6.98. The predicted molar refractivity (Wildman–Crippen MR) is 109 cm³/mol. The molecule has 2 heterocycles. The average molecular weight is 411 g/mol. The summed E-state index contributed by atoms with van der Waals surface area (Å²) in [6.45, 7) is 3.28. The number of aryl methyl sites for hydroxylation is 1. The Hall–Kier alpha value is -3.16. The van der Waals surface area contributed by atoms with E-state index in [0.29, 0.717) is 24.1 Å². The minimum absolute atomic E-state index is 0.0573. The maximum absolute atomic E-state index is 12.9. The van der Waals surface area contributed by atoms with Crippen molar-refractivity contribution in [3.8, 4) is 0 Å². The van der Waals surface area contributed by atoms with Gasteiger partial charge < -0.3 is 15.0 Å². The van der Waals surface area contributed by atoms with Crippen LogP contribution in [0.4, 0.5) is 4.79 Å². The number of H-pyrrole nitrogens is 1. The smallest absolute Gasteiger partial charge is 0.325 e. The van der Waals surface area contributed by atoms with E-state index < -0.39 is 23.6 Å². The molecule has 2 N–H and O–H groups in total. The Morgan fingerprint density at radius 3 is 2.63 bits per heavy atom. The Bertz CT molecular complexity index is 1030. The highest BCUT2D eigenvalue weighted by Gasteiger charge is 2.52. The first-order valence-electron chi connectivity index (χ1n) is 10.3. The molecule has 1 spiro atoms. The fourth-order valence-corrected chi connectivity index (χ4v) is 4.51. The van der Waals surface area contributed by atoms with Gasteiger partial charge in [0.2, 0.25) is 5.78 Å². The van der Waals surface area contributed by atoms with E-state index in [1.54, 1.807) is 6.92 Å². The van der Waals surface area contributed by atoms with Crippen molar-refractivity contribution in [2.75, 3.05) is 6.54 Å². The molecule has 0 radical (unpaired) electrons. The number of para-hydroxylation sites is 1. The number of aromatic amines is 1. The third-order valence-corrected chi connectivity index (χ3v) is 6.06. The molecule has 1 saturated carbocycles. The fraction of sp³-hybridized carbons (Fsp3) is 0.455. The molecule has 8 nitrogen and oxygen atoms in total. The number of fused-ring (bicyclic) bond motifs is 1. The van der Waals surface area contributed by atoms with Crippen LogP contribution >= 0.6 is 0 Å². The summed E-state index contributed by atoms with van der Waals surface area (Å²) >= 11 is 0. The van der Waals surface area contributed by atoms with Gasteiger partial charge in [-0.25, -0.2) is 4.79 Å². The van der Waals surface area contributed by atoms with Gasteiger partial charge >= 0.3 is 12.0 Å². The maximum Gasteiger partial charge on any atom is 0.325 e. The van der Waals surface area contributed by atoms with E-state index >= 15 is 0 Å². The number of hydrogen-bond acceptors (Lipinski definition) is 5. The molecule has 158 valence electrons. The second-order valence-electron chi connectivity index (χ2n) is 8.09. The Morgan fingerprint density at radius 2 is 1.90 bits per heavy atom. The second-order valence-corrected chi connectivity index (χ2v) is 8.09. The van der Waals surface area contributed by atoms with Crippen LogP contribution in [0.1, 0.15) is 55.1 Å². The normalized spacial score (nSPS) is 18.8. The van der Waals surface area contributed by atoms with E-state index in [2.05, 4.69) is 10.3 Å². The van der Waals surface area contributed by atoms with Gasteiger partial charge in [0.25, 0.3) is 5.91 Å². The molecule has 1 aromatic carbocycles. The number of rotatable bonds is 6. The quantitative estimate of drug-likeness (QED) is 0.432. The van der Waals surface area contributed by atoms with E-state index in [9.17, 15) is 19.2 Å². The molecular formula is C22H25N3O5. The van der Waals surface area contributed by atoms with Crippen molar-refractivity contribution >= 4 is 34.6 Å². The number of carbonyl (C=O) groups excluding carboxylic acids is 4. The number of amides is 3. The second kappa shape index (κ2) is 7.59. The molecule has 8 heteroatoms. The van der Waals surface area contributed by atoms with Gasteiger partial charge in [0, 0.05) is 28.7 Å². The molecular weight excluding hydrogens is 386 g/mol. The third-order valence-electron chi connectivity index (χ3n) is 6.06. The summed E-state index contributed by atoms with van der Waals surface area (Å²) < 4.78 is 5.32. The standard InChI is InChI=1S/C22H25N3O5/c1-13-18(15-7-3-4-8-16(15)23-13)19(27)14(2)30-17(26)9-12-25-20(28)22(24-21(25)29)10-5-6-11-22/h3-4,7-8,14,23H,5-6,9-12H2,1-2H3,(H,24,29)/t14-/m1/s1. The molecule has 2 fully saturated rings. The van der Waals surface area contributed by atoms with E-state index in [-0.39, 0.29) is 24.7 Å². The number of hydrogen-bond donors (Lipinski definition) is 2.